The van der Waals surface area contributed by atoms with Crippen molar-refractivity contribution in [2.24, 2.45) is 5.73 Å². The van der Waals surface area contributed by atoms with E-state index in [9.17, 15) is 9.18 Å². The van der Waals surface area contributed by atoms with Gasteiger partial charge in [-0.2, -0.15) is 0 Å². The Morgan fingerprint density at radius 1 is 1.50 bits per heavy atom. The molecule has 0 aliphatic heterocycles. The number of halogens is 1. The summed E-state index contributed by atoms with van der Waals surface area (Å²) in [6, 6.07) is 6.26. The zero-order valence-corrected chi connectivity index (χ0v) is 9.50. The molecule has 0 heterocycles. The summed E-state index contributed by atoms with van der Waals surface area (Å²) in [5, 5.41) is 0. The van der Waals surface area contributed by atoms with Crippen molar-refractivity contribution in [3.8, 4) is 0 Å². The van der Waals surface area contributed by atoms with E-state index in [1.165, 1.54) is 13.0 Å². The van der Waals surface area contributed by atoms with Gasteiger partial charge in [-0.3, -0.25) is 4.79 Å². The van der Waals surface area contributed by atoms with Crippen LogP contribution in [0.2, 0.25) is 0 Å². The summed E-state index contributed by atoms with van der Waals surface area (Å²) in [4.78, 5) is 11.5. The number of esters is 1. The number of rotatable bonds is 4. The van der Waals surface area contributed by atoms with E-state index in [4.69, 9.17) is 10.5 Å². The van der Waals surface area contributed by atoms with Crippen LogP contribution in [0.15, 0.2) is 24.3 Å². The van der Waals surface area contributed by atoms with E-state index in [2.05, 4.69) is 0 Å². The quantitative estimate of drug-likeness (QED) is 0.793. The molecular weight excluding hydrogens is 209 g/mol. The van der Waals surface area contributed by atoms with Crippen LogP contribution >= 0.6 is 0 Å². The average Bonchev–Trinajstić information content (AvgIpc) is 2.21. The molecule has 3 nitrogen and oxygen atoms in total. The number of benzene rings is 1. The molecule has 0 saturated heterocycles. The molecule has 4 heteroatoms. The number of ether oxygens (including phenoxy) is 1. The molecule has 2 N–H and O–H groups in total. The van der Waals surface area contributed by atoms with E-state index in [0.717, 1.165) is 0 Å². The van der Waals surface area contributed by atoms with Crippen molar-refractivity contribution in [3.05, 3.63) is 35.6 Å². The molecule has 0 aliphatic carbocycles. The highest BCUT2D eigenvalue weighted by atomic mass is 19.1. The smallest absolute Gasteiger partial charge is 0.326 e. The van der Waals surface area contributed by atoms with Gasteiger partial charge < -0.3 is 10.5 Å². The highest BCUT2D eigenvalue weighted by Gasteiger charge is 2.30. The van der Waals surface area contributed by atoms with Crippen molar-refractivity contribution in [1.29, 1.82) is 0 Å². The Balaban J connectivity index is 2.80. The second-order valence-electron chi connectivity index (χ2n) is 3.91. The Hall–Kier alpha value is -1.42. The summed E-state index contributed by atoms with van der Waals surface area (Å²) < 4.78 is 18.2. The van der Waals surface area contributed by atoms with Gasteiger partial charge in [0, 0.05) is 6.42 Å². The van der Waals surface area contributed by atoms with Crippen molar-refractivity contribution in [1.82, 2.24) is 0 Å². The molecule has 0 aromatic heterocycles. The molecule has 0 fully saturated rings. The first-order valence-electron chi connectivity index (χ1n) is 5.17. The maximum absolute atomic E-state index is 13.4. The molecule has 0 saturated carbocycles. The van der Waals surface area contributed by atoms with Crippen LogP contribution in [-0.4, -0.2) is 18.1 Å². The molecule has 1 rings (SSSR count). The van der Waals surface area contributed by atoms with Crippen molar-refractivity contribution in [2.75, 3.05) is 6.61 Å². The number of nitrogens with two attached hydrogens (primary N) is 1. The Labute approximate surface area is 94.4 Å². The molecule has 0 unspecified atom stereocenters. The van der Waals surface area contributed by atoms with Gasteiger partial charge in [0.15, 0.2) is 0 Å². The molecule has 0 amide bonds. The molecular formula is C12H16FNO2. The molecule has 0 radical (unpaired) electrons. The van der Waals surface area contributed by atoms with Crippen LogP contribution in [0, 0.1) is 5.82 Å². The first-order valence-corrected chi connectivity index (χ1v) is 5.17. The predicted molar refractivity (Wildman–Crippen MR) is 59.3 cm³/mol. The third kappa shape index (κ3) is 3.03. The third-order valence-corrected chi connectivity index (χ3v) is 2.26. The minimum atomic E-state index is -1.20. The average molecular weight is 225 g/mol. The first-order chi connectivity index (χ1) is 7.47. The molecule has 0 spiro atoms. The molecule has 88 valence electrons. The molecule has 1 aromatic carbocycles. The monoisotopic (exact) mass is 225 g/mol. The lowest BCUT2D eigenvalue weighted by atomic mass is 9.94. The lowest BCUT2D eigenvalue weighted by Gasteiger charge is -2.22. The summed E-state index contributed by atoms with van der Waals surface area (Å²) in [5.74, 6) is -0.873. The second kappa shape index (κ2) is 5.07. The number of carbonyl (C=O) groups excluding carboxylic acids is 1. The van der Waals surface area contributed by atoms with Crippen molar-refractivity contribution in [3.63, 3.8) is 0 Å². The fourth-order valence-corrected chi connectivity index (χ4v) is 1.41. The van der Waals surface area contributed by atoms with Crippen LogP contribution in [0.1, 0.15) is 19.4 Å². The fraction of sp³-hybridized carbons (Fsp3) is 0.417. The number of carbonyl (C=O) groups is 1. The maximum Gasteiger partial charge on any atom is 0.326 e. The highest BCUT2D eigenvalue weighted by molar-refractivity contribution is 5.80. The standard InChI is InChI=1S/C12H16FNO2/c1-3-16-11(15)12(2,14)8-9-6-4-5-7-10(9)13/h4-7H,3,8,14H2,1-2H3/t12-/m0/s1. The van der Waals surface area contributed by atoms with Crippen LogP contribution in [-0.2, 0) is 16.0 Å². The molecule has 1 aromatic rings. The van der Waals surface area contributed by atoms with Gasteiger partial charge in [0.25, 0.3) is 0 Å². The summed E-state index contributed by atoms with van der Waals surface area (Å²) in [6.45, 7) is 3.51. The topological polar surface area (TPSA) is 52.3 Å². The largest absolute Gasteiger partial charge is 0.465 e. The summed E-state index contributed by atoms with van der Waals surface area (Å²) in [6.07, 6.45) is 0.124. The predicted octanol–water partition coefficient (Wildman–Crippen LogP) is 1.65. The zero-order chi connectivity index (χ0) is 12.2. The lowest BCUT2D eigenvalue weighted by Crippen LogP contribution is -2.48. The second-order valence-corrected chi connectivity index (χ2v) is 3.91. The minimum Gasteiger partial charge on any atom is -0.465 e. The molecule has 16 heavy (non-hydrogen) atoms. The van der Waals surface area contributed by atoms with Gasteiger partial charge in [-0.25, -0.2) is 4.39 Å². The third-order valence-electron chi connectivity index (χ3n) is 2.26. The SMILES string of the molecule is CCOC(=O)[C@@](C)(N)Cc1ccccc1F. The molecule has 0 aliphatic rings. The lowest BCUT2D eigenvalue weighted by molar-refractivity contribution is -0.148. The Bertz CT molecular complexity index is 377. The van der Waals surface area contributed by atoms with Gasteiger partial charge in [0.1, 0.15) is 11.4 Å². The molecule has 0 bridgehead atoms. The Morgan fingerprint density at radius 3 is 2.69 bits per heavy atom. The van der Waals surface area contributed by atoms with Crippen molar-refractivity contribution in [2.45, 2.75) is 25.8 Å². The minimum absolute atomic E-state index is 0.124. The summed E-state index contributed by atoms with van der Waals surface area (Å²) >= 11 is 0. The normalized spacial score (nSPS) is 14.2. The van der Waals surface area contributed by atoms with E-state index in [0.29, 0.717) is 5.56 Å². The number of hydrogen-bond donors (Lipinski definition) is 1. The van der Waals surface area contributed by atoms with Gasteiger partial charge in [-0.05, 0) is 25.5 Å². The Morgan fingerprint density at radius 2 is 2.12 bits per heavy atom. The van der Waals surface area contributed by atoms with E-state index < -0.39 is 11.5 Å². The maximum atomic E-state index is 13.4. The van der Waals surface area contributed by atoms with Crippen LogP contribution in [0.25, 0.3) is 0 Å². The van der Waals surface area contributed by atoms with E-state index >= 15 is 0 Å². The van der Waals surface area contributed by atoms with Crippen molar-refractivity contribution < 1.29 is 13.9 Å². The van der Waals surface area contributed by atoms with Crippen LogP contribution < -0.4 is 5.73 Å². The van der Waals surface area contributed by atoms with Crippen LogP contribution in [0.5, 0.6) is 0 Å². The Kier molecular flexibility index (Phi) is 4.01. The van der Waals surface area contributed by atoms with Gasteiger partial charge in [0.05, 0.1) is 6.61 Å². The van der Waals surface area contributed by atoms with Gasteiger partial charge in [0.2, 0.25) is 0 Å². The highest BCUT2D eigenvalue weighted by Crippen LogP contribution is 2.15. The van der Waals surface area contributed by atoms with Crippen LogP contribution in [0.4, 0.5) is 4.39 Å². The fourth-order valence-electron chi connectivity index (χ4n) is 1.41. The van der Waals surface area contributed by atoms with Gasteiger partial charge in [-0.15, -0.1) is 0 Å². The van der Waals surface area contributed by atoms with E-state index in [1.807, 2.05) is 0 Å². The first kappa shape index (κ1) is 12.6. The summed E-state index contributed by atoms with van der Waals surface area (Å²) in [7, 11) is 0. The van der Waals surface area contributed by atoms with Gasteiger partial charge >= 0.3 is 5.97 Å². The molecule has 1 atom stereocenters. The number of hydrogen-bond acceptors (Lipinski definition) is 3. The van der Waals surface area contributed by atoms with Gasteiger partial charge in [-0.1, -0.05) is 18.2 Å². The summed E-state index contributed by atoms with van der Waals surface area (Å²) in [5.41, 5.74) is 5.03. The zero-order valence-electron chi connectivity index (χ0n) is 9.50. The van der Waals surface area contributed by atoms with Crippen molar-refractivity contribution >= 4 is 5.97 Å². The van der Waals surface area contributed by atoms with Crippen LogP contribution in [0.3, 0.4) is 0 Å². The van der Waals surface area contributed by atoms with E-state index in [1.54, 1.807) is 25.1 Å². The van der Waals surface area contributed by atoms with E-state index in [-0.39, 0.29) is 18.8 Å².